The minimum absolute atomic E-state index is 0.194. The monoisotopic (exact) mass is 281 g/mol. The maximum absolute atomic E-state index is 5.71. The van der Waals surface area contributed by atoms with E-state index in [9.17, 15) is 0 Å². The standard InChI is InChI=1S/C16H19N5/c1-4-13-18-15(17)21-16(19-13)20-14-10(3)8-11-6-5-9(2)7-12(11)14/h4-7,10,14H,1,8H2,2-3H3,(H3,17,18,19,20,21)/t10-,14+/m0/s1. The quantitative estimate of drug-likeness (QED) is 0.904. The molecule has 0 radical (unpaired) electrons. The van der Waals surface area contributed by atoms with Crippen molar-refractivity contribution in [1.29, 1.82) is 0 Å². The highest BCUT2D eigenvalue weighted by atomic mass is 15.2. The zero-order valence-corrected chi connectivity index (χ0v) is 12.3. The molecule has 1 aromatic carbocycles. The SMILES string of the molecule is C=Cc1nc(N)nc(N[C@H]2c3cc(C)ccc3C[C@@H]2C)n1. The Morgan fingerprint density at radius 1 is 1.33 bits per heavy atom. The van der Waals surface area contributed by atoms with Crippen LogP contribution in [0.4, 0.5) is 11.9 Å². The third-order valence-corrected chi connectivity index (χ3v) is 3.88. The largest absolute Gasteiger partial charge is 0.368 e. The molecule has 3 rings (SSSR count). The fourth-order valence-corrected chi connectivity index (χ4v) is 2.89. The van der Waals surface area contributed by atoms with Crippen molar-refractivity contribution < 1.29 is 0 Å². The maximum Gasteiger partial charge on any atom is 0.228 e. The Hall–Kier alpha value is -2.43. The molecule has 2 atom stereocenters. The average molecular weight is 281 g/mol. The van der Waals surface area contributed by atoms with E-state index in [0.29, 0.717) is 17.7 Å². The normalized spacial score (nSPS) is 20.1. The van der Waals surface area contributed by atoms with E-state index < -0.39 is 0 Å². The number of fused-ring (bicyclic) bond motifs is 1. The summed E-state index contributed by atoms with van der Waals surface area (Å²) in [4.78, 5) is 12.5. The molecule has 0 spiro atoms. The average Bonchev–Trinajstić information content (AvgIpc) is 2.74. The van der Waals surface area contributed by atoms with Gasteiger partial charge < -0.3 is 11.1 Å². The fourth-order valence-electron chi connectivity index (χ4n) is 2.89. The van der Waals surface area contributed by atoms with Gasteiger partial charge in [0, 0.05) is 0 Å². The van der Waals surface area contributed by atoms with Crippen LogP contribution in [0.5, 0.6) is 0 Å². The number of aromatic nitrogens is 3. The lowest BCUT2D eigenvalue weighted by atomic mass is 10.0. The lowest BCUT2D eigenvalue weighted by Gasteiger charge is -2.19. The van der Waals surface area contributed by atoms with E-state index in [1.165, 1.54) is 16.7 Å². The second kappa shape index (κ2) is 5.16. The Balaban J connectivity index is 1.94. The molecule has 0 unspecified atom stereocenters. The highest BCUT2D eigenvalue weighted by Crippen LogP contribution is 2.38. The molecule has 0 aliphatic heterocycles. The molecule has 108 valence electrons. The second-order valence-electron chi connectivity index (χ2n) is 5.59. The third-order valence-electron chi connectivity index (χ3n) is 3.88. The van der Waals surface area contributed by atoms with Gasteiger partial charge in [-0.05, 0) is 36.5 Å². The summed E-state index contributed by atoms with van der Waals surface area (Å²) in [5.74, 6) is 1.67. The number of nitrogens with two attached hydrogens (primary N) is 1. The molecule has 1 aliphatic carbocycles. The summed E-state index contributed by atoms with van der Waals surface area (Å²) in [5, 5.41) is 3.40. The van der Waals surface area contributed by atoms with E-state index >= 15 is 0 Å². The van der Waals surface area contributed by atoms with E-state index in [0.717, 1.165) is 6.42 Å². The van der Waals surface area contributed by atoms with Crippen LogP contribution in [0.3, 0.4) is 0 Å². The first-order valence-corrected chi connectivity index (χ1v) is 7.07. The van der Waals surface area contributed by atoms with Gasteiger partial charge in [-0.25, -0.2) is 0 Å². The van der Waals surface area contributed by atoms with Gasteiger partial charge in [-0.1, -0.05) is 37.3 Å². The molecule has 1 heterocycles. The van der Waals surface area contributed by atoms with E-state index in [4.69, 9.17) is 5.73 Å². The van der Waals surface area contributed by atoms with Gasteiger partial charge in [-0.2, -0.15) is 15.0 Å². The Morgan fingerprint density at radius 2 is 2.14 bits per heavy atom. The zero-order valence-electron chi connectivity index (χ0n) is 12.3. The summed E-state index contributed by atoms with van der Waals surface area (Å²) >= 11 is 0. The predicted octanol–water partition coefficient (Wildman–Crippen LogP) is 2.75. The molecular weight excluding hydrogens is 262 g/mol. The second-order valence-corrected chi connectivity index (χ2v) is 5.59. The van der Waals surface area contributed by atoms with Crippen LogP contribution in [0, 0.1) is 12.8 Å². The van der Waals surface area contributed by atoms with Crippen LogP contribution in [0.25, 0.3) is 6.08 Å². The van der Waals surface area contributed by atoms with Gasteiger partial charge in [-0.3, -0.25) is 0 Å². The van der Waals surface area contributed by atoms with Gasteiger partial charge in [0.05, 0.1) is 6.04 Å². The van der Waals surface area contributed by atoms with Gasteiger partial charge in [0.1, 0.15) is 0 Å². The molecule has 21 heavy (non-hydrogen) atoms. The van der Waals surface area contributed by atoms with Gasteiger partial charge in [-0.15, -0.1) is 0 Å². The third kappa shape index (κ3) is 2.59. The number of hydrogen-bond acceptors (Lipinski definition) is 5. The summed E-state index contributed by atoms with van der Waals surface area (Å²) in [7, 11) is 0. The molecule has 3 N–H and O–H groups in total. The number of anilines is 2. The van der Waals surface area contributed by atoms with E-state index in [1.807, 2.05) is 0 Å². The molecule has 1 aliphatic rings. The fraction of sp³-hybridized carbons (Fsp3) is 0.312. The van der Waals surface area contributed by atoms with Gasteiger partial charge in [0.15, 0.2) is 5.82 Å². The van der Waals surface area contributed by atoms with Crippen molar-refractivity contribution in [3.63, 3.8) is 0 Å². The Morgan fingerprint density at radius 3 is 2.90 bits per heavy atom. The van der Waals surface area contributed by atoms with E-state index in [1.54, 1.807) is 6.08 Å². The summed E-state index contributed by atoms with van der Waals surface area (Å²) < 4.78 is 0. The van der Waals surface area contributed by atoms with Gasteiger partial charge in [0.2, 0.25) is 11.9 Å². The van der Waals surface area contributed by atoms with Crippen LogP contribution in [-0.2, 0) is 6.42 Å². The summed E-state index contributed by atoms with van der Waals surface area (Å²) in [6.45, 7) is 8.01. The highest BCUT2D eigenvalue weighted by molar-refractivity contribution is 5.47. The predicted molar refractivity (Wildman–Crippen MR) is 84.7 cm³/mol. The molecule has 2 aromatic rings. The van der Waals surface area contributed by atoms with Crippen molar-refractivity contribution in [2.24, 2.45) is 5.92 Å². The van der Waals surface area contributed by atoms with Crippen LogP contribution in [0.2, 0.25) is 0 Å². The molecular formula is C16H19N5. The lowest BCUT2D eigenvalue weighted by Crippen LogP contribution is -2.17. The van der Waals surface area contributed by atoms with Crippen molar-refractivity contribution in [2.45, 2.75) is 26.3 Å². The van der Waals surface area contributed by atoms with E-state index in [-0.39, 0.29) is 12.0 Å². The topological polar surface area (TPSA) is 76.7 Å². The Labute approximate surface area is 124 Å². The molecule has 0 fully saturated rings. The number of nitrogen functional groups attached to an aromatic ring is 1. The zero-order chi connectivity index (χ0) is 15.0. The number of hydrogen-bond donors (Lipinski definition) is 2. The first-order valence-electron chi connectivity index (χ1n) is 7.07. The minimum atomic E-state index is 0.194. The Bertz CT molecular complexity index is 695. The van der Waals surface area contributed by atoms with Crippen molar-refractivity contribution >= 4 is 18.0 Å². The first kappa shape index (κ1) is 13.5. The molecule has 1 aromatic heterocycles. The van der Waals surface area contributed by atoms with E-state index in [2.05, 4.69) is 58.9 Å². The van der Waals surface area contributed by atoms with Crippen LogP contribution >= 0.6 is 0 Å². The van der Waals surface area contributed by atoms with Crippen molar-refractivity contribution in [3.05, 3.63) is 47.3 Å². The number of nitrogens with zero attached hydrogens (tertiary/aromatic N) is 3. The molecule has 5 nitrogen and oxygen atoms in total. The van der Waals surface area contributed by atoms with Gasteiger partial charge >= 0.3 is 0 Å². The van der Waals surface area contributed by atoms with Crippen LogP contribution in [-0.4, -0.2) is 15.0 Å². The van der Waals surface area contributed by atoms with Crippen LogP contribution in [0.15, 0.2) is 24.8 Å². The number of aryl methyl sites for hydroxylation is 1. The van der Waals surface area contributed by atoms with Crippen LogP contribution in [0.1, 0.15) is 35.5 Å². The maximum atomic E-state index is 5.71. The highest BCUT2D eigenvalue weighted by Gasteiger charge is 2.30. The first-order chi connectivity index (χ1) is 10.1. The van der Waals surface area contributed by atoms with Crippen molar-refractivity contribution in [2.75, 3.05) is 11.1 Å². The number of nitrogens with one attached hydrogen (secondary N) is 1. The summed E-state index contributed by atoms with van der Waals surface area (Å²) in [6, 6.07) is 6.79. The molecule has 5 heteroatoms. The van der Waals surface area contributed by atoms with Gasteiger partial charge in [0.25, 0.3) is 0 Å². The number of benzene rings is 1. The molecule has 0 saturated carbocycles. The minimum Gasteiger partial charge on any atom is -0.368 e. The van der Waals surface area contributed by atoms with Crippen LogP contribution < -0.4 is 11.1 Å². The number of rotatable bonds is 3. The lowest BCUT2D eigenvalue weighted by molar-refractivity contribution is 0.538. The molecule has 0 amide bonds. The smallest absolute Gasteiger partial charge is 0.228 e. The van der Waals surface area contributed by atoms with Crippen molar-refractivity contribution in [3.8, 4) is 0 Å². The molecule has 0 bridgehead atoms. The van der Waals surface area contributed by atoms with Crippen molar-refractivity contribution in [1.82, 2.24) is 15.0 Å². The Kier molecular flexibility index (Phi) is 3.33. The molecule has 0 saturated heterocycles. The summed E-state index contributed by atoms with van der Waals surface area (Å²) in [6.07, 6.45) is 2.63. The summed E-state index contributed by atoms with van der Waals surface area (Å²) in [5.41, 5.74) is 9.68.